The lowest BCUT2D eigenvalue weighted by molar-refractivity contribution is 0.233. The molecule has 0 N–H and O–H groups in total. The maximum absolute atomic E-state index is 11.8. The number of rotatable bonds is 5. The van der Waals surface area contributed by atoms with Gasteiger partial charge in [-0.15, -0.1) is 0 Å². The van der Waals surface area contributed by atoms with Gasteiger partial charge in [0.05, 0.1) is 19.3 Å². The molecular formula is C7H14NO3P. The Morgan fingerprint density at radius 3 is 2.08 bits per heavy atom. The second-order valence-corrected chi connectivity index (χ2v) is 4.47. The second kappa shape index (κ2) is 3.69. The fourth-order valence-electron chi connectivity index (χ4n) is 0.970. The van der Waals surface area contributed by atoms with Crippen molar-refractivity contribution in [1.82, 2.24) is 0 Å². The van der Waals surface area contributed by atoms with E-state index in [1.54, 1.807) is 13.8 Å². The highest BCUT2D eigenvalue weighted by molar-refractivity contribution is 7.73. The van der Waals surface area contributed by atoms with Crippen LogP contribution in [0, 0.1) is 0 Å². The third-order valence-electron chi connectivity index (χ3n) is 1.51. The van der Waals surface area contributed by atoms with Crippen molar-refractivity contribution in [2.45, 2.75) is 26.8 Å². The fraction of sp³-hybridized carbons (Fsp3) is 0.857. The van der Waals surface area contributed by atoms with Gasteiger partial charge in [-0.05, 0) is 20.8 Å². The summed E-state index contributed by atoms with van der Waals surface area (Å²) < 4.78 is 21.9. The van der Waals surface area contributed by atoms with E-state index < -0.39 is 7.60 Å². The molecule has 1 aliphatic heterocycles. The van der Waals surface area contributed by atoms with Gasteiger partial charge < -0.3 is 9.05 Å². The molecule has 0 aromatic carbocycles. The summed E-state index contributed by atoms with van der Waals surface area (Å²) in [4.78, 5) is 3.97. The van der Waals surface area contributed by atoms with E-state index in [-0.39, 0.29) is 6.04 Å². The Hall–Kier alpha value is -0.180. The predicted molar refractivity (Wildman–Crippen MR) is 47.8 cm³/mol. The summed E-state index contributed by atoms with van der Waals surface area (Å²) in [6, 6.07) is 0.0499. The number of hydrogen-bond acceptors (Lipinski definition) is 4. The minimum absolute atomic E-state index is 0.0499. The molecule has 0 bridgehead atoms. The molecule has 0 amide bonds. The van der Waals surface area contributed by atoms with Crippen LogP contribution in [0.4, 0.5) is 0 Å². The molecule has 0 aliphatic carbocycles. The average Bonchev–Trinajstić information content (AvgIpc) is 2.68. The topological polar surface area (TPSA) is 47.9 Å². The van der Waals surface area contributed by atoms with E-state index in [1.165, 1.54) is 0 Å². The Morgan fingerprint density at radius 2 is 1.83 bits per heavy atom. The van der Waals surface area contributed by atoms with Crippen LogP contribution < -0.4 is 0 Å². The van der Waals surface area contributed by atoms with Gasteiger partial charge in [0.1, 0.15) is 5.45 Å². The summed E-state index contributed by atoms with van der Waals surface area (Å²) in [5, 5.41) is 0. The Bertz CT molecular complexity index is 229. The zero-order chi connectivity index (χ0) is 9.19. The first kappa shape index (κ1) is 9.90. The largest absolute Gasteiger partial charge is 0.377 e. The van der Waals surface area contributed by atoms with Gasteiger partial charge in [-0.2, -0.15) is 0 Å². The number of nitrogens with zero attached hydrogens (tertiary/aromatic N) is 1. The molecule has 4 nitrogen and oxygen atoms in total. The molecule has 1 aliphatic rings. The maximum atomic E-state index is 11.8. The Labute approximate surface area is 72.5 Å². The van der Waals surface area contributed by atoms with Crippen LogP contribution in [0.15, 0.2) is 4.99 Å². The van der Waals surface area contributed by atoms with Crippen molar-refractivity contribution in [2.24, 2.45) is 4.99 Å². The van der Waals surface area contributed by atoms with E-state index >= 15 is 0 Å². The molecule has 12 heavy (non-hydrogen) atoms. The Kier molecular flexibility index (Phi) is 3.04. The maximum Gasteiger partial charge on any atom is 0.377 e. The molecule has 0 spiro atoms. The molecule has 1 heterocycles. The summed E-state index contributed by atoms with van der Waals surface area (Å²) in [6.07, 6.45) is 0. The molecule has 0 aromatic rings. The molecule has 1 atom stereocenters. The van der Waals surface area contributed by atoms with Crippen LogP contribution >= 0.6 is 7.60 Å². The van der Waals surface area contributed by atoms with Crippen molar-refractivity contribution in [3.05, 3.63) is 0 Å². The van der Waals surface area contributed by atoms with E-state index in [0.29, 0.717) is 18.7 Å². The van der Waals surface area contributed by atoms with Gasteiger partial charge in [0.25, 0.3) is 0 Å². The SMILES string of the molecule is CCOP(=O)(OCC)C1=NC1C. The van der Waals surface area contributed by atoms with Crippen molar-refractivity contribution >= 4 is 13.0 Å². The van der Waals surface area contributed by atoms with E-state index in [4.69, 9.17) is 9.05 Å². The quantitative estimate of drug-likeness (QED) is 0.625. The fourth-order valence-corrected chi connectivity index (χ4v) is 2.76. The van der Waals surface area contributed by atoms with Crippen molar-refractivity contribution in [3.8, 4) is 0 Å². The molecule has 0 saturated heterocycles. The van der Waals surface area contributed by atoms with Crippen LogP contribution in [0.1, 0.15) is 20.8 Å². The minimum Gasteiger partial charge on any atom is -0.305 e. The van der Waals surface area contributed by atoms with E-state index in [9.17, 15) is 4.57 Å². The van der Waals surface area contributed by atoms with Crippen molar-refractivity contribution in [3.63, 3.8) is 0 Å². The van der Waals surface area contributed by atoms with Crippen molar-refractivity contribution in [1.29, 1.82) is 0 Å². The monoisotopic (exact) mass is 191 g/mol. The zero-order valence-electron chi connectivity index (χ0n) is 7.61. The zero-order valence-corrected chi connectivity index (χ0v) is 8.51. The molecular weight excluding hydrogens is 177 g/mol. The number of aliphatic imine (C=N–C) groups is 1. The van der Waals surface area contributed by atoms with Gasteiger partial charge in [-0.3, -0.25) is 9.56 Å². The van der Waals surface area contributed by atoms with Crippen LogP contribution in [-0.2, 0) is 13.6 Å². The van der Waals surface area contributed by atoms with Crippen LogP contribution in [0.5, 0.6) is 0 Å². The van der Waals surface area contributed by atoms with E-state index in [2.05, 4.69) is 4.99 Å². The molecule has 0 saturated carbocycles. The van der Waals surface area contributed by atoms with Crippen LogP contribution in [0.2, 0.25) is 0 Å². The lowest BCUT2D eigenvalue weighted by Gasteiger charge is -2.12. The summed E-state index contributed by atoms with van der Waals surface area (Å²) in [7, 11) is -2.99. The first-order chi connectivity index (χ1) is 5.64. The molecule has 70 valence electrons. The lowest BCUT2D eigenvalue weighted by atomic mass is 10.5. The molecule has 0 aromatic heterocycles. The normalized spacial score (nSPS) is 22.2. The van der Waals surface area contributed by atoms with Gasteiger partial charge >= 0.3 is 7.60 Å². The first-order valence-electron chi connectivity index (χ1n) is 4.11. The van der Waals surface area contributed by atoms with Gasteiger partial charge in [0.2, 0.25) is 0 Å². The summed E-state index contributed by atoms with van der Waals surface area (Å²) in [6.45, 7) is 6.24. The number of hydrogen-bond donors (Lipinski definition) is 0. The third-order valence-corrected chi connectivity index (χ3v) is 3.76. The highest BCUT2D eigenvalue weighted by atomic mass is 31.2. The summed E-state index contributed by atoms with van der Waals surface area (Å²) in [5.74, 6) is 0. The predicted octanol–water partition coefficient (Wildman–Crippen LogP) is 2.05. The van der Waals surface area contributed by atoms with Gasteiger partial charge in [-0.1, -0.05) is 0 Å². The van der Waals surface area contributed by atoms with Crippen molar-refractivity contribution < 1.29 is 13.6 Å². The summed E-state index contributed by atoms with van der Waals surface area (Å²) >= 11 is 0. The molecule has 1 rings (SSSR count). The van der Waals surface area contributed by atoms with Crippen LogP contribution in [0.3, 0.4) is 0 Å². The van der Waals surface area contributed by atoms with Crippen molar-refractivity contribution in [2.75, 3.05) is 13.2 Å². The van der Waals surface area contributed by atoms with Gasteiger partial charge in [0, 0.05) is 0 Å². The molecule has 0 fully saturated rings. The average molecular weight is 191 g/mol. The Balaban J connectivity index is 2.60. The third kappa shape index (κ3) is 1.94. The Morgan fingerprint density at radius 1 is 1.42 bits per heavy atom. The summed E-state index contributed by atoms with van der Waals surface area (Å²) in [5.41, 5.74) is 0.589. The second-order valence-electron chi connectivity index (χ2n) is 2.50. The first-order valence-corrected chi connectivity index (χ1v) is 5.65. The highest BCUT2D eigenvalue weighted by Gasteiger charge is 2.42. The van der Waals surface area contributed by atoms with E-state index in [1.807, 2.05) is 6.92 Å². The lowest BCUT2D eigenvalue weighted by Crippen LogP contribution is -2.02. The minimum atomic E-state index is -2.99. The highest BCUT2D eigenvalue weighted by Crippen LogP contribution is 2.55. The van der Waals surface area contributed by atoms with Gasteiger partial charge in [-0.25, -0.2) is 0 Å². The standard InChI is InChI=1S/C7H14NO3P/c1-4-10-12(9,11-5-2)7-6(3)8-7/h6H,4-5H2,1-3H3. The van der Waals surface area contributed by atoms with E-state index in [0.717, 1.165) is 0 Å². The molecule has 1 unspecified atom stereocenters. The van der Waals surface area contributed by atoms with Gasteiger partial charge in [0.15, 0.2) is 0 Å². The smallest absolute Gasteiger partial charge is 0.305 e. The molecule has 5 heteroatoms. The molecule has 0 radical (unpaired) electrons. The van der Waals surface area contributed by atoms with Crippen LogP contribution in [-0.4, -0.2) is 24.7 Å². The van der Waals surface area contributed by atoms with Crippen LogP contribution in [0.25, 0.3) is 0 Å².